The number of halogens is 3. The maximum Gasteiger partial charge on any atom is 0.142 e. The highest BCUT2D eigenvalue weighted by Gasteiger charge is 2.20. The quantitative estimate of drug-likeness (QED) is 0.574. The van der Waals surface area contributed by atoms with Gasteiger partial charge in [0.2, 0.25) is 0 Å². The Kier molecular flexibility index (Phi) is 5.49. The first kappa shape index (κ1) is 15.1. The van der Waals surface area contributed by atoms with Gasteiger partial charge in [0.15, 0.2) is 0 Å². The van der Waals surface area contributed by atoms with E-state index in [0.717, 1.165) is 0 Å². The van der Waals surface area contributed by atoms with Gasteiger partial charge in [-0.05, 0) is 31.9 Å². The molecule has 106 valence electrons. The summed E-state index contributed by atoms with van der Waals surface area (Å²) < 4.78 is 13.5. The van der Waals surface area contributed by atoms with Crippen LogP contribution < -0.4 is 5.32 Å². The van der Waals surface area contributed by atoms with Crippen molar-refractivity contribution in [1.29, 1.82) is 0 Å². The first-order chi connectivity index (χ1) is 9.09. The molecule has 0 aromatic heterocycles. The Morgan fingerprint density at radius 2 is 1.79 bits per heavy atom. The van der Waals surface area contributed by atoms with Gasteiger partial charge in [0.1, 0.15) is 5.82 Å². The Hall–Kier alpha value is -0.310. The van der Waals surface area contributed by atoms with Crippen LogP contribution in [0.1, 0.15) is 57.1 Å². The van der Waals surface area contributed by atoms with Crippen LogP contribution in [0.5, 0.6) is 0 Å². The summed E-state index contributed by atoms with van der Waals surface area (Å²) in [5.74, 6) is -0.407. The van der Waals surface area contributed by atoms with E-state index in [1.807, 2.05) is 6.92 Å². The van der Waals surface area contributed by atoms with Gasteiger partial charge in [-0.3, -0.25) is 0 Å². The lowest BCUT2D eigenvalue weighted by molar-refractivity contribution is 0.413. The van der Waals surface area contributed by atoms with Crippen LogP contribution in [0.2, 0.25) is 10.0 Å². The van der Waals surface area contributed by atoms with Crippen LogP contribution in [0.4, 0.5) is 4.39 Å². The molecule has 0 saturated heterocycles. The zero-order chi connectivity index (χ0) is 13.8. The fourth-order valence-corrected chi connectivity index (χ4v) is 3.52. The zero-order valence-corrected chi connectivity index (χ0v) is 12.7. The topological polar surface area (TPSA) is 12.0 Å². The number of nitrogens with one attached hydrogen (secondary N) is 1. The molecule has 0 radical (unpaired) electrons. The molecule has 0 heterocycles. The average molecular weight is 304 g/mol. The zero-order valence-electron chi connectivity index (χ0n) is 11.2. The summed E-state index contributed by atoms with van der Waals surface area (Å²) in [6.45, 7) is 2.00. The molecule has 1 aliphatic carbocycles. The number of benzene rings is 1. The van der Waals surface area contributed by atoms with Gasteiger partial charge in [0.05, 0.1) is 5.02 Å². The van der Waals surface area contributed by atoms with E-state index < -0.39 is 5.82 Å². The minimum atomic E-state index is -0.407. The number of rotatable bonds is 3. The van der Waals surface area contributed by atoms with Crippen LogP contribution >= 0.6 is 23.2 Å². The minimum Gasteiger partial charge on any atom is -0.307 e. The van der Waals surface area contributed by atoms with Crippen LogP contribution in [-0.4, -0.2) is 6.04 Å². The van der Waals surface area contributed by atoms with Crippen LogP contribution in [0.15, 0.2) is 12.1 Å². The van der Waals surface area contributed by atoms with E-state index in [1.165, 1.54) is 44.6 Å². The molecule has 4 heteroatoms. The van der Waals surface area contributed by atoms with Crippen LogP contribution in [0.25, 0.3) is 0 Å². The number of hydrogen-bond acceptors (Lipinski definition) is 1. The van der Waals surface area contributed by atoms with Crippen molar-refractivity contribution in [3.05, 3.63) is 33.6 Å². The molecule has 1 fully saturated rings. The highest BCUT2D eigenvalue weighted by atomic mass is 35.5. The molecule has 0 bridgehead atoms. The Morgan fingerprint density at radius 3 is 2.42 bits per heavy atom. The van der Waals surface area contributed by atoms with Gasteiger partial charge in [-0.1, -0.05) is 48.9 Å². The van der Waals surface area contributed by atoms with E-state index in [9.17, 15) is 4.39 Å². The van der Waals surface area contributed by atoms with Crippen molar-refractivity contribution in [2.24, 2.45) is 0 Å². The first-order valence-electron chi connectivity index (χ1n) is 6.99. The average Bonchev–Trinajstić information content (AvgIpc) is 2.63. The van der Waals surface area contributed by atoms with E-state index >= 15 is 0 Å². The van der Waals surface area contributed by atoms with Crippen molar-refractivity contribution in [3.63, 3.8) is 0 Å². The molecular formula is C15H20Cl2FN. The van der Waals surface area contributed by atoms with Gasteiger partial charge in [0.25, 0.3) is 0 Å². The van der Waals surface area contributed by atoms with Crippen LogP contribution in [0, 0.1) is 5.82 Å². The summed E-state index contributed by atoms with van der Waals surface area (Å²) >= 11 is 12.2. The summed E-state index contributed by atoms with van der Waals surface area (Å²) in [4.78, 5) is 0. The fraction of sp³-hybridized carbons (Fsp3) is 0.600. The monoisotopic (exact) mass is 303 g/mol. The fourth-order valence-electron chi connectivity index (χ4n) is 2.82. The third kappa shape index (κ3) is 3.84. The molecule has 1 aromatic carbocycles. The maximum atomic E-state index is 13.5. The second-order valence-corrected chi connectivity index (χ2v) is 6.12. The summed E-state index contributed by atoms with van der Waals surface area (Å²) in [5, 5.41) is 4.22. The SMILES string of the molecule is CC(NC1CCCCCC1)c1c(Cl)ccc(F)c1Cl. The highest BCUT2D eigenvalue weighted by molar-refractivity contribution is 6.36. The summed E-state index contributed by atoms with van der Waals surface area (Å²) in [6.07, 6.45) is 7.50. The van der Waals surface area contributed by atoms with E-state index in [4.69, 9.17) is 23.2 Å². The molecule has 1 saturated carbocycles. The Bertz CT molecular complexity index is 428. The molecule has 1 atom stereocenters. The standard InChI is InChI=1S/C15H20Cl2FN/c1-10(19-11-6-4-2-3-5-7-11)14-12(16)8-9-13(18)15(14)17/h8-11,19H,2-7H2,1H3. The van der Waals surface area contributed by atoms with Gasteiger partial charge in [-0.25, -0.2) is 4.39 Å². The third-order valence-corrected chi connectivity index (χ3v) is 4.57. The summed E-state index contributed by atoms with van der Waals surface area (Å²) in [5.41, 5.74) is 0.674. The smallest absolute Gasteiger partial charge is 0.142 e. The van der Waals surface area contributed by atoms with Gasteiger partial charge in [-0.15, -0.1) is 0 Å². The molecule has 1 unspecified atom stereocenters. The molecular weight excluding hydrogens is 284 g/mol. The molecule has 0 spiro atoms. The Morgan fingerprint density at radius 1 is 1.16 bits per heavy atom. The van der Waals surface area contributed by atoms with Gasteiger partial charge in [0, 0.05) is 22.7 Å². The normalized spacial score (nSPS) is 19.2. The lowest BCUT2D eigenvalue weighted by atomic mass is 10.0. The molecule has 1 aromatic rings. The van der Waals surface area contributed by atoms with E-state index in [1.54, 1.807) is 6.07 Å². The predicted molar refractivity (Wildman–Crippen MR) is 79.5 cm³/mol. The second-order valence-electron chi connectivity index (χ2n) is 5.33. The molecule has 0 amide bonds. The van der Waals surface area contributed by atoms with Crippen molar-refractivity contribution in [2.75, 3.05) is 0 Å². The van der Waals surface area contributed by atoms with E-state index in [2.05, 4.69) is 5.32 Å². The second kappa shape index (κ2) is 6.92. The van der Waals surface area contributed by atoms with Crippen LogP contribution in [-0.2, 0) is 0 Å². The lowest BCUT2D eigenvalue weighted by Gasteiger charge is -2.24. The Labute approximate surface area is 124 Å². The van der Waals surface area contributed by atoms with Gasteiger partial charge < -0.3 is 5.32 Å². The maximum absolute atomic E-state index is 13.5. The van der Waals surface area contributed by atoms with E-state index in [0.29, 0.717) is 16.6 Å². The Balaban J connectivity index is 2.10. The highest BCUT2D eigenvalue weighted by Crippen LogP contribution is 2.33. The minimum absolute atomic E-state index is 0.0289. The predicted octanol–water partition coefficient (Wildman–Crippen LogP) is 5.51. The van der Waals surface area contributed by atoms with Crippen LogP contribution in [0.3, 0.4) is 0 Å². The summed E-state index contributed by atoms with van der Waals surface area (Å²) in [6, 6.07) is 3.34. The van der Waals surface area contributed by atoms with Crippen molar-refractivity contribution < 1.29 is 4.39 Å². The lowest BCUT2D eigenvalue weighted by Crippen LogP contribution is -2.31. The molecule has 2 rings (SSSR count). The van der Waals surface area contributed by atoms with Crippen molar-refractivity contribution in [1.82, 2.24) is 5.32 Å². The van der Waals surface area contributed by atoms with Crippen molar-refractivity contribution in [2.45, 2.75) is 57.5 Å². The molecule has 19 heavy (non-hydrogen) atoms. The van der Waals surface area contributed by atoms with E-state index in [-0.39, 0.29) is 11.1 Å². The third-order valence-electron chi connectivity index (χ3n) is 3.85. The van der Waals surface area contributed by atoms with Gasteiger partial charge in [-0.2, -0.15) is 0 Å². The number of hydrogen-bond donors (Lipinski definition) is 1. The summed E-state index contributed by atoms with van der Waals surface area (Å²) in [7, 11) is 0. The van der Waals surface area contributed by atoms with Gasteiger partial charge >= 0.3 is 0 Å². The largest absolute Gasteiger partial charge is 0.307 e. The molecule has 1 nitrogen and oxygen atoms in total. The molecule has 0 aliphatic heterocycles. The molecule has 1 N–H and O–H groups in total. The molecule has 1 aliphatic rings. The van der Waals surface area contributed by atoms with Crippen molar-refractivity contribution in [3.8, 4) is 0 Å². The van der Waals surface area contributed by atoms with Crippen molar-refractivity contribution >= 4 is 23.2 Å². The first-order valence-corrected chi connectivity index (χ1v) is 7.74.